The maximum absolute atomic E-state index is 5.33. The number of unbranched alkanes of at least 4 members (excludes halogenated alkanes) is 1. The molecule has 0 N–H and O–H groups in total. The van der Waals surface area contributed by atoms with Gasteiger partial charge < -0.3 is 9.64 Å². The second-order valence-electron chi connectivity index (χ2n) is 2.65. The van der Waals surface area contributed by atoms with Gasteiger partial charge in [-0.25, -0.2) is 0 Å². The minimum absolute atomic E-state index is 0.201. The molecule has 1 aliphatic rings. The SMILES string of the molecule is C=CN1C=COC1CCCC. The van der Waals surface area contributed by atoms with Gasteiger partial charge in [0.15, 0.2) is 6.23 Å². The van der Waals surface area contributed by atoms with Gasteiger partial charge in [-0.2, -0.15) is 0 Å². The van der Waals surface area contributed by atoms with E-state index in [9.17, 15) is 0 Å². The fourth-order valence-corrected chi connectivity index (χ4v) is 1.14. The minimum Gasteiger partial charge on any atom is -0.476 e. The lowest BCUT2D eigenvalue weighted by Crippen LogP contribution is -2.22. The van der Waals surface area contributed by atoms with Gasteiger partial charge in [0.25, 0.3) is 0 Å². The van der Waals surface area contributed by atoms with Crippen LogP contribution in [0.25, 0.3) is 0 Å². The summed E-state index contributed by atoms with van der Waals surface area (Å²) in [5.41, 5.74) is 0. The zero-order valence-corrected chi connectivity index (χ0v) is 6.99. The number of hydrogen-bond donors (Lipinski definition) is 0. The molecule has 0 aliphatic carbocycles. The second-order valence-corrected chi connectivity index (χ2v) is 2.65. The van der Waals surface area contributed by atoms with Crippen molar-refractivity contribution in [3.8, 4) is 0 Å². The molecule has 0 aromatic carbocycles. The van der Waals surface area contributed by atoms with E-state index in [-0.39, 0.29) is 6.23 Å². The molecule has 11 heavy (non-hydrogen) atoms. The summed E-state index contributed by atoms with van der Waals surface area (Å²) in [4.78, 5) is 2.00. The zero-order valence-electron chi connectivity index (χ0n) is 6.99. The van der Waals surface area contributed by atoms with E-state index in [1.165, 1.54) is 12.8 Å². The second kappa shape index (κ2) is 4.06. The van der Waals surface area contributed by atoms with Crippen LogP contribution in [0.2, 0.25) is 0 Å². The highest BCUT2D eigenvalue weighted by atomic mass is 16.5. The van der Waals surface area contributed by atoms with Gasteiger partial charge in [-0.15, -0.1) is 0 Å². The van der Waals surface area contributed by atoms with E-state index < -0.39 is 0 Å². The van der Waals surface area contributed by atoms with Gasteiger partial charge in [0.2, 0.25) is 0 Å². The van der Waals surface area contributed by atoms with E-state index in [0.29, 0.717) is 0 Å². The Labute approximate surface area is 68.1 Å². The maximum Gasteiger partial charge on any atom is 0.174 e. The number of nitrogens with zero attached hydrogens (tertiary/aromatic N) is 1. The van der Waals surface area contributed by atoms with Crippen molar-refractivity contribution in [2.75, 3.05) is 0 Å². The van der Waals surface area contributed by atoms with Crippen LogP contribution in [0.5, 0.6) is 0 Å². The van der Waals surface area contributed by atoms with Crippen LogP contribution in [0, 0.1) is 0 Å². The van der Waals surface area contributed by atoms with E-state index in [1.807, 2.05) is 11.1 Å². The van der Waals surface area contributed by atoms with Crippen molar-refractivity contribution < 1.29 is 4.74 Å². The maximum atomic E-state index is 5.33. The molecule has 0 saturated carbocycles. The Morgan fingerprint density at radius 2 is 2.55 bits per heavy atom. The molecule has 2 nitrogen and oxygen atoms in total. The van der Waals surface area contributed by atoms with Crippen molar-refractivity contribution in [1.29, 1.82) is 0 Å². The van der Waals surface area contributed by atoms with E-state index in [4.69, 9.17) is 4.74 Å². The van der Waals surface area contributed by atoms with Crippen LogP contribution in [0.4, 0.5) is 0 Å². The summed E-state index contributed by atoms with van der Waals surface area (Å²) in [5, 5.41) is 0. The Bertz CT molecular complexity index is 154. The highest BCUT2D eigenvalue weighted by Crippen LogP contribution is 2.16. The lowest BCUT2D eigenvalue weighted by molar-refractivity contribution is 0.0746. The molecule has 2 heteroatoms. The number of rotatable bonds is 4. The van der Waals surface area contributed by atoms with Gasteiger partial charge in [0, 0.05) is 18.8 Å². The van der Waals surface area contributed by atoms with Gasteiger partial charge in [0.1, 0.15) is 6.26 Å². The van der Waals surface area contributed by atoms with Gasteiger partial charge >= 0.3 is 0 Å². The molecule has 0 aromatic heterocycles. The quantitative estimate of drug-likeness (QED) is 0.615. The standard InChI is InChI=1S/C9H15NO/c1-3-5-6-9-10(4-2)7-8-11-9/h4,7-9H,2-3,5-6H2,1H3. The molecule has 0 aromatic rings. The monoisotopic (exact) mass is 153 g/mol. The molecule has 0 radical (unpaired) electrons. The van der Waals surface area contributed by atoms with Crippen molar-refractivity contribution in [3.63, 3.8) is 0 Å². The predicted octanol–water partition coefficient (Wildman–Crippen LogP) is 2.45. The Balaban J connectivity index is 2.29. The summed E-state index contributed by atoms with van der Waals surface area (Å²) in [6.07, 6.45) is 9.13. The smallest absolute Gasteiger partial charge is 0.174 e. The van der Waals surface area contributed by atoms with Gasteiger partial charge in [-0.3, -0.25) is 0 Å². The fraction of sp³-hybridized carbons (Fsp3) is 0.556. The third-order valence-corrected chi connectivity index (χ3v) is 1.82. The van der Waals surface area contributed by atoms with E-state index >= 15 is 0 Å². The van der Waals surface area contributed by atoms with Crippen LogP contribution < -0.4 is 0 Å². The molecule has 0 fully saturated rings. The highest BCUT2D eigenvalue weighted by Gasteiger charge is 2.16. The summed E-state index contributed by atoms with van der Waals surface area (Å²) in [6.45, 7) is 5.88. The van der Waals surface area contributed by atoms with Crippen molar-refractivity contribution in [3.05, 3.63) is 25.2 Å². The van der Waals surface area contributed by atoms with Crippen molar-refractivity contribution >= 4 is 0 Å². The van der Waals surface area contributed by atoms with Crippen molar-refractivity contribution in [1.82, 2.24) is 4.90 Å². The third-order valence-electron chi connectivity index (χ3n) is 1.82. The molecule has 1 heterocycles. The first-order valence-corrected chi connectivity index (χ1v) is 4.10. The summed E-state index contributed by atoms with van der Waals surface area (Å²) in [5.74, 6) is 0. The van der Waals surface area contributed by atoms with E-state index in [2.05, 4.69) is 13.5 Å². The molecule has 1 rings (SSSR count). The molecule has 0 amide bonds. The fourth-order valence-electron chi connectivity index (χ4n) is 1.14. The Hall–Kier alpha value is -0.920. The molecule has 0 saturated heterocycles. The number of hydrogen-bond acceptors (Lipinski definition) is 2. The van der Waals surface area contributed by atoms with Crippen LogP contribution in [-0.2, 0) is 4.74 Å². The lowest BCUT2D eigenvalue weighted by Gasteiger charge is -2.19. The summed E-state index contributed by atoms with van der Waals surface area (Å²) >= 11 is 0. The highest BCUT2D eigenvalue weighted by molar-refractivity contribution is 4.91. The average Bonchev–Trinajstić information content (AvgIpc) is 2.47. The zero-order chi connectivity index (χ0) is 8.10. The minimum atomic E-state index is 0.201. The molecular weight excluding hydrogens is 138 g/mol. The molecule has 1 atom stereocenters. The first kappa shape index (κ1) is 8.18. The Morgan fingerprint density at radius 3 is 3.18 bits per heavy atom. The van der Waals surface area contributed by atoms with Crippen LogP contribution in [0.15, 0.2) is 25.2 Å². The number of ether oxygens (including phenoxy) is 1. The van der Waals surface area contributed by atoms with Crippen LogP contribution in [0.1, 0.15) is 26.2 Å². The molecule has 0 spiro atoms. The first-order chi connectivity index (χ1) is 5.38. The van der Waals surface area contributed by atoms with Crippen molar-refractivity contribution in [2.45, 2.75) is 32.4 Å². The molecule has 1 unspecified atom stereocenters. The van der Waals surface area contributed by atoms with Gasteiger partial charge in [-0.1, -0.05) is 19.9 Å². The summed E-state index contributed by atoms with van der Waals surface area (Å²) < 4.78 is 5.33. The van der Waals surface area contributed by atoms with Gasteiger partial charge in [0.05, 0.1) is 0 Å². The van der Waals surface area contributed by atoms with E-state index in [1.54, 1.807) is 12.5 Å². The van der Waals surface area contributed by atoms with Crippen LogP contribution in [-0.4, -0.2) is 11.1 Å². The third kappa shape index (κ3) is 2.00. The molecule has 1 aliphatic heterocycles. The normalized spacial score (nSPS) is 21.9. The Morgan fingerprint density at radius 1 is 1.73 bits per heavy atom. The molecule has 0 bridgehead atoms. The topological polar surface area (TPSA) is 12.5 Å². The van der Waals surface area contributed by atoms with Gasteiger partial charge in [-0.05, 0) is 6.42 Å². The van der Waals surface area contributed by atoms with Crippen molar-refractivity contribution in [2.24, 2.45) is 0 Å². The van der Waals surface area contributed by atoms with Crippen LogP contribution in [0.3, 0.4) is 0 Å². The largest absolute Gasteiger partial charge is 0.476 e. The Kier molecular flexibility index (Phi) is 3.02. The summed E-state index contributed by atoms with van der Waals surface area (Å²) in [6, 6.07) is 0. The molecular formula is C9H15NO. The first-order valence-electron chi connectivity index (χ1n) is 4.10. The molecule has 62 valence electrons. The van der Waals surface area contributed by atoms with E-state index in [0.717, 1.165) is 6.42 Å². The summed E-state index contributed by atoms with van der Waals surface area (Å²) in [7, 11) is 0. The average molecular weight is 153 g/mol. The lowest BCUT2D eigenvalue weighted by atomic mass is 10.2. The van der Waals surface area contributed by atoms with Crippen LogP contribution >= 0.6 is 0 Å². The predicted molar refractivity (Wildman–Crippen MR) is 45.6 cm³/mol.